The molecule has 0 spiro atoms. The van der Waals surface area contributed by atoms with Gasteiger partial charge in [0.1, 0.15) is 0 Å². The van der Waals surface area contributed by atoms with Crippen LogP contribution in [0, 0.1) is 10.1 Å². The van der Waals surface area contributed by atoms with Crippen molar-refractivity contribution < 1.29 is 4.92 Å². The predicted molar refractivity (Wildman–Crippen MR) is 81.2 cm³/mol. The number of aromatic nitrogens is 2. The highest BCUT2D eigenvalue weighted by Crippen LogP contribution is 2.26. The van der Waals surface area contributed by atoms with Crippen LogP contribution in [-0.2, 0) is 5.88 Å². The number of non-ortho nitro benzene ring substituents is 1. The third kappa shape index (κ3) is 2.68. The Morgan fingerprint density at radius 1 is 1.14 bits per heavy atom. The number of nitro benzene ring substituents is 1. The highest BCUT2D eigenvalue weighted by Gasteiger charge is 2.12. The summed E-state index contributed by atoms with van der Waals surface area (Å²) < 4.78 is 0. The summed E-state index contributed by atoms with van der Waals surface area (Å²) >= 11 is 5.80. The van der Waals surface area contributed by atoms with Crippen molar-refractivity contribution in [2.75, 3.05) is 0 Å². The number of alkyl halides is 1. The molecule has 0 aliphatic carbocycles. The van der Waals surface area contributed by atoms with Crippen molar-refractivity contribution in [2.24, 2.45) is 0 Å². The molecule has 1 aromatic heterocycles. The maximum atomic E-state index is 11.0. The molecule has 0 aliphatic heterocycles. The Labute approximate surface area is 125 Å². The van der Waals surface area contributed by atoms with E-state index in [-0.39, 0.29) is 11.6 Å². The van der Waals surface area contributed by atoms with E-state index in [4.69, 9.17) is 11.6 Å². The summed E-state index contributed by atoms with van der Waals surface area (Å²) in [4.78, 5) is 19.4. The second-order valence-electron chi connectivity index (χ2n) is 4.52. The third-order valence-corrected chi connectivity index (χ3v) is 3.40. The van der Waals surface area contributed by atoms with Crippen LogP contribution in [0.3, 0.4) is 0 Å². The Balaban J connectivity index is 2.16. The molecule has 5 nitrogen and oxygen atoms in total. The molecule has 3 rings (SSSR count). The number of hydrogen-bond donors (Lipinski definition) is 0. The quantitative estimate of drug-likeness (QED) is 0.417. The van der Waals surface area contributed by atoms with Gasteiger partial charge in [-0.3, -0.25) is 15.1 Å². The predicted octanol–water partition coefficient (Wildman–Crippen LogP) is 3.94. The van der Waals surface area contributed by atoms with Crippen molar-refractivity contribution in [2.45, 2.75) is 5.88 Å². The molecule has 0 N–H and O–H groups in total. The van der Waals surface area contributed by atoms with Crippen molar-refractivity contribution in [3.05, 3.63) is 64.3 Å². The number of fused-ring (bicyclic) bond motifs is 1. The van der Waals surface area contributed by atoms with Gasteiger partial charge in [-0.2, -0.15) is 0 Å². The van der Waals surface area contributed by atoms with Crippen LogP contribution in [0.25, 0.3) is 22.3 Å². The molecule has 0 unspecified atom stereocenters. The topological polar surface area (TPSA) is 68.9 Å². The minimum atomic E-state index is -0.436. The van der Waals surface area contributed by atoms with Gasteiger partial charge in [0, 0.05) is 23.6 Å². The van der Waals surface area contributed by atoms with E-state index in [0.717, 1.165) is 11.0 Å². The second-order valence-corrected chi connectivity index (χ2v) is 4.79. The van der Waals surface area contributed by atoms with Crippen LogP contribution in [0.4, 0.5) is 5.69 Å². The van der Waals surface area contributed by atoms with E-state index in [1.807, 2.05) is 24.3 Å². The number of para-hydroxylation sites is 2. The first-order chi connectivity index (χ1) is 10.2. The first-order valence-corrected chi connectivity index (χ1v) is 6.77. The van der Waals surface area contributed by atoms with Crippen LogP contribution in [0.1, 0.15) is 5.56 Å². The Bertz CT molecular complexity index is 836. The largest absolute Gasteiger partial charge is 0.270 e. The minimum absolute atomic E-state index is 0.00175. The Morgan fingerprint density at radius 3 is 2.62 bits per heavy atom. The average Bonchev–Trinajstić information content (AvgIpc) is 2.53. The normalized spacial score (nSPS) is 10.7. The zero-order valence-electron chi connectivity index (χ0n) is 10.9. The molecule has 0 fully saturated rings. The van der Waals surface area contributed by atoms with Crippen LogP contribution in [0.5, 0.6) is 0 Å². The van der Waals surface area contributed by atoms with E-state index in [1.54, 1.807) is 12.3 Å². The third-order valence-electron chi connectivity index (χ3n) is 3.09. The van der Waals surface area contributed by atoms with E-state index in [1.165, 1.54) is 12.1 Å². The molecular formula is C15H10ClN3O2. The highest BCUT2D eigenvalue weighted by molar-refractivity contribution is 6.17. The van der Waals surface area contributed by atoms with Gasteiger partial charge in [-0.1, -0.05) is 12.1 Å². The van der Waals surface area contributed by atoms with E-state index in [9.17, 15) is 10.1 Å². The van der Waals surface area contributed by atoms with Gasteiger partial charge in [0.2, 0.25) is 0 Å². The fourth-order valence-corrected chi connectivity index (χ4v) is 2.26. The number of rotatable bonds is 3. The number of benzene rings is 2. The van der Waals surface area contributed by atoms with Gasteiger partial charge in [-0.05, 0) is 23.8 Å². The summed E-state index contributed by atoms with van der Waals surface area (Å²) in [5, 5.41) is 11.0. The fourth-order valence-electron chi connectivity index (χ4n) is 2.10. The molecule has 0 saturated carbocycles. The summed E-state index contributed by atoms with van der Waals surface area (Å²) in [5.74, 6) is 0.204. The summed E-state index contributed by atoms with van der Waals surface area (Å²) in [6, 6.07) is 12.2. The van der Waals surface area contributed by atoms with Gasteiger partial charge in [0.25, 0.3) is 5.69 Å². The van der Waals surface area contributed by atoms with Gasteiger partial charge in [-0.15, -0.1) is 11.6 Å². The molecule has 1 heterocycles. The van der Waals surface area contributed by atoms with Crippen LogP contribution in [0.2, 0.25) is 0 Å². The average molecular weight is 300 g/mol. The van der Waals surface area contributed by atoms with Gasteiger partial charge in [0.15, 0.2) is 0 Å². The summed E-state index contributed by atoms with van der Waals surface area (Å²) in [6.07, 6.45) is 1.61. The van der Waals surface area contributed by atoms with Crippen molar-refractivity contribution in [1.82, 2.24) is 9.97 Å². The monoisotopic (exact) mass is 299 g/mol. The Hall–Kier alpha value is -2.53. The molecule has 104 valence electrons. The molecule has 0 bridgehead atoms. The summed E-state index contributed by atoms with van der Waals surface area (Å²) in [6.45, 7) is 0. The lowest BCUT2D eigenvalue weighted by atomic mass is 10.1. The molecule has 0 atom stereocenters. The van der Waals surface area contributed by atoms with E-state index >= 15 is 0 Å². The molecule has 2 aromatic carbocycles. The number of hydrogen-bond acceptors (Lipinski definition) is 4. The molecule has 0 saturated heterocycles. The lowest BCUT2D eigenvalue weighted by molar-refractivity contribution is -0.384. The number of halogens is 1. The van der Waals surface area contributed by atoms with E-state index < -0.39 is 4.92 Å². The van der Waals surface area contributed by atoms with Crippen molar-refractivity contribution in [3.63, 3.8) is 0 Å². The lowest BCUT2D eigenvalue weighted by Crippen LogP contribution is -1.93. The van der Waals surface area contributed by atoms with Crippen LogP contribution in [-0.4, -0.2) is 14.9 Å². The first kappa shape index (κ1) is 13.5. The highest BCUT2D eigenvalue weighted by atomic mass is 35.5. The standard InChI is InChI=1S/C15H10ClN3O2/c16-8-10-5-11(7-12(6-10)19(20)21)15-9-17-13-3-1-2-4-14(13)18-15/h1-7,9H,8H2. The number of nitro groups is 1. The zero-order valence-corrected chi connectivity index (χ0v) is 11.6. The molecule has 6 heteroatoms. The zero-order chi connectivity index (χ0) is 14.8. The van der Waals surface area contributed by atoms with Crippen molar-refractivity contribution >= 4 is 28.3 Å². The molecular weight excluding hydrogens is 290 g/mol. The van der Waals surface area contributed by atoms with Crippen LogP contribution in [0.15, 0.2) is 48.7 Å². The second kappa shape index (κ2) is 5.46. The molecule has 0 aliphatic rings. The maximum Gasteiger partial charge on any atom is 0.270 e. The lowest BCUT2D eigenvalue weighted by Gasteiger charge is -2.05. The van der Waals surface area contributed by atoms with Crippen LogP contribution < -0.4 is 0 Å². The van der Waals surface area contributed by atoms with E-state index in [2.05, 4.69) is 9.97 Å². The molecule has 3 aromatic rings. The summed E-state index contributed by atoms with van der Waals surface area (Å²) in [7, 11) is 0. The van der Waals surface area contributed by atoms with Gasteiger partial charge in [-0.25, -0.2) is 4.98 Å². The van der Waals surface area contributed by atoms with Crippen LogP contribution >= 0.6 is 11.6 Å². The van der Waals surface area contributed by atoms with Gasteiger partial charge < -0.3 is 0 Å². The van der Waals surface area contributed by atoms with Gasteiger partial charge >= 0.3 is 0 Å². The van der Waals surface area contributed by atoms with E-state index in [0.29, 0.717) is 16.8 Å². The smallest absolute Gasteiger partial charge is 0.258 e. The number of nitrogens with zero attached hydrogens (tertiary/aromatic N) is 3. The maximum absolute atomic E-state index is 11.0. The molecule has 21 heavy (non-hydrogen) atoms. The van der Waals surface area contributed by atoms with Crippen molar-refractivity contribution in [3.8, 4) is 11.3 Å². The molecule has 0 radical (unpaired) electrons. The first-order valence-electron chi connectivity index (χ1n) is 6.24. The Morgan fingerprint density at radius 2 is 1.90 bits per heavy atom. The van der Waals surface area contributed by atoms with Gasteiger partial charge in [0.05, 0.1) is 27.8 Å². The molecule has 0 amide bonds. The minimum Gasteiger partial charge on any atom is -0.258 e. The summed E-state index contributed by atoms with van der Waals surface area (Å²) in [5.41, 5.74) is 3.42. The SMILES string of the molecule is O=[N+]([O-])c1cc(CCl)cc(-c2cnc3ccccc3n2)c1. The Kier molecular flexibility index (Phi) is 3.50. The fraction of sp³-hybridized carbons (Fsp3) is 0.0667. The van der Waals surface area contributed by atoms with Crippen molar-refractivity contribution in [1.29, 1.82) is 0 Å².